The van der Waals surface area contributed by atoms with Gasteiger partial charge >= 0.3 is 0 Å². The molecule has 0 saturated heterocycles. The third-order valence-electron chi connectivity index (χ3n) is 6.00. The summed E-state index contributed by atoms with van der Waals surface area (Å²) in [5.41, 5.74) is 8.75. The van der Waals surface area contributed by atoms with E-state index in [0.29, 0.717) is 45.0 Å². The molecule has 3 heterocycles. The summed E-state index contributed by atoms with van der Waals surface area (Å²) in [4.78, 5) is 26.7. The fraction of sp³-hybridized carbons (Fsp3) is 0.241. The maximum atomic E-state index is 13.2. The summed E-state index contributed by atoms with van der Waals surface area (Å²) in [6.07, 6.45) is 1.46. The molecule has 0 bridgehead atoms. The van der Waals surface area contributed by atoms with Gasteiger partial charge in [0, 0.05) is 22.4 Å². The Hall–Kier alpha value is -4.64. The molecular weight excluding hydrogens is 524 g/mol. The molecule has 0 radical (unpaired) electrons. The molecule has 40 heavy (non-hydrogen) atoms. The lowest BCUT2D eigenvalue weighted by Gasteiger charge is -2.15. The Morgan fingerprint density at radius 2 is 1.77 bits per heavy atom. The fourth-order valence-corrected chi connectivity index (χ4v) is 4.57. The number of amides is 1. The molecule has 0 spiro atoms. The summed E-state index contributed by atoms with van der Waals surface area (Å²) in [5, 5.41) is 16.5. The molecule has 0 aliphatic carbocycles. The molecule has 0 fully saturated rings. The van der Waals surface area contributed by atoms with Crippen molar-refractivity contribution in [2.75, 3.05) is 16.4 Å². The third kappa shape index (κ3) is 5.99. The zero-order valence-electron chi connectivity index (χ0n) is 22.9. The van der Waals surface area contributed by atoms with Crippen molar-refractivity contribution >= 4 is 50.6 Å². The predicted molar refractivity (Wildman–Crippen MR) is 159 cm³/mol. The highest BCUT2D eigenvalue weighted by atomic mass is 32.1. The second kappa shape index (κ2) is 10.9. The van der Waals surface area contributed by atoms with Crippen molar-refractivity contribution in [3.63, 3.8) is 0 Å². The zero-order valence-corrected chi connectivity index (χ0v) is 23.7. The molecule has 0 atom stereocenters. The number of nitrogens with one attached hydrogen (secondary N) is 2. The third-order valence-corrected chi connectivity index (χ3v) is 7.26. The molecule has 5 aromatic rings. The lowest BCUT2D eigenvalue weighted by molar-refractivity contribution is 0.102. The molecule has 3 aromatic heterocycles. The Labute approximate surface area is 236 Å². The molecule has 10 nitrogen and oxygen atoms in total. The lowest BCUT2D eigenvalue weighted by atomic mass is 9.98. The highest BCUT2D eigenvalue weighted by Crippen LogP contribution is 2.35. The van der Waals surface area contributed by atoms with Crippen LogP contribution in [0.15, 0.2) is 60.9 Å². The van der Waals surface area contributed by atoms with Gasteiger partial charge in [0.15, 0.2) is 11.4 Å². The highest BCUT2D eigenvalue weighted by Gasteiger charge is 2.21. The Balaban J connectivity index is 1.49. The van der Waals surface area contributed by atoms with Gasteiger partial charge in [0.05, 0.1) is 11.1 Å². The highest BCUT2D eigenvalue weighted by molar-refractivity contribution is 7.15. The van der Waals surface area contributed by atoms with Gasteiger partial charge in [-0.3, -0.25) is 10.1 Å². The minimum absolute atomic E-state index is 0.163. The number of nitrogens with two attached hydrogens (primary N) is 1. The smallest absolute Gasteiger partial charge is 0.257 e. The first kappa shape index (κ1) is 26.9. The number of nitrogen functional groups attached to an aromatic ring is 1. The molecule has 0 saturated carbocycles. The van der Waals surface area contributed by atoms with Gasteiger partial charge in [0.25, 0.3) is 5.91 Å². The summed E-state index contributed by atoms with van der Waals surface area (Å²) >= 11 is 1.35. The van der Waals surface area contributed by atoms with E-state index in [1.165, 1.54) is 17.7 Å². The summed E-state index contributed by atoms with van der Waals surface area (Å²) < 4.78 is 6.16. The van der Waals surface area contributed by atoms with Crippen molar-refractivity contribution < 1.29 is 9.53 Å². The number of aromatic nitrogens is 5. The lowest BCUT2D eigenvalue weighted by Crippen LogP contribution is -2.12. The average Bonchev–Trinajstić information content (AvgIpc) is 3.40. The summed E-state index contributed by atoms with van der Waals surface area (Å²) in [6, 6.07) is 16.1. The summed E-state index contributed by atoms with van der Waals surface area (Å²) in [6.45, 7) is 10.3. The molecule has 4 N–H and O–H groups in total. The number of nitrogens with zero attached hydrogens (tertiary/aromatic N) is 5. The SMILES string of the molecule is CC(C)c1ccc2c(Nc3cc(C(=O)Nc4nnc(C(C)(C)C)s4)ccc3Oc3ccc(N)cc3)ncnc2n1. The van der Waals surface area contributed by atoms with Gasteiger partial charge in [0.1, 0.15) is 22.9 Å². The number of hydrogen-bond acceptors (Lipinski definition) is 10. The molecule has 2 aromatic carbocycles. The van der Waals surface area contributed by atoms with Crippen molar-refractivity contribution in [1.82, 2.24) is 25.1 Å². The van der Waals surface area contributed by atoms with E-state index in [0.717, 1.165) is 16.1 Å². The van der Waals surface area contributed by atoms with Crippen molar-refractivity contribution in [2.24, 2.45) is 0 Å². The van der Waals surface area contributed by atoms with Crippen LogP contribution in [0.3, 0.4) is 0 Å². The topological polar surface area (TPSA) is 141 Å². The van der Waals surface area contributed by atoms with E-state index in [4.69, 9.17) is 10.5 Å². The molecule has 5 rings (SSSR count). The first-order chi connectivity index (χ1) is 19.1. The minimum Gasteiger partial charge on any atom is -0.455 e. The van der Waals surface area contributed by atoms with Crippen LogP contribution < -0.4 is 21.1 Å². The molecule has 204 valence electrons. The van der Waals surface area contributed by atoms with Gasteiger partial charge in [0.2, 0.25) is 5.13 Å². The second-order valence-corrected chi connectivity index (χ2v) is 11.6. The van der Waals surface area contributed by atoms with E-state index >= 15 is 0 Å². The fourth-order valence-electron chi connectivity index (χ4n) is 3.77. The first-order valence-electron chi connectivity index (χ1n) is 12.8. The first-order valence-corrected chi connectivity index (χ1v) is 13.6. The van der Waals surface area contributed by atoms with Crippen molar-refractivity contribution in [1.29, 1.82) is 0 Å². The van der Waals surface area contributed by atoms with E-state index in [9.17, 15) is 4.79 Å². The van der Waals surface area contributed by atoms with Gasteiger partial charge in [-0.1, -0.05) is 46.0 Å². The van der Waals surface area contributed by atoms with Gasteiger partial charge in [-0.05, 0) is 60.5 Å². The van der Waals surface area contributed by atoms with Crippen LogP contribution in [0.25, 0.3) is 11.0 Å². The van der Waals surface area contributed by atoms with Gasteiger partial charge in [-0.25, -0.2) is 15.0 Å². The van der Waals surface area contributed by atoms with Crippen LogP contribution in [-0.4, -0.2) is 31.1 Å². The van der Waals surface area contributed by atoms with Crippen LogP contribution in [0.1, 0.15) is 61.6 Å². The van der Waals surface area contributed by atoms with Crippen LogP contribution >= 0.6 is 11.3 Å². The largest absolute Gasteiger partial charge is 0.455 e. The Kier molecular flexibility index (Phi) is 7.31. The maximum absolute atomic E-state index is 13.2. The number of pyridine rings is 1. The number of carbonyl (C=O) groups excluding carboxylic acids is 1. The molecule has 1 amide bonds. The predicted octanol–water partition coefficient (Wildman–Crippen LogP) is 6.67. The number of ether oxygens (including phenoxy) is 1. The summed E-state index contributed by atoms with van der Waals surface area (Å²) in [5.74, 6) is 1.55. The monoisotopic (exact) mass is 554 g/mol. The Morgan fingerprint density at radius 1 is 1.00 bits per heavy atom. The van der Waals surface area contributed by atoms with Crippen molar-refractivity contribution in [3.05, 3.63) is 77.2 Å². The maximum Gasteiger partial charge on any atom is 0.257 e. The van der Waals surface area contributed by atoms with E-state index in [2.05, 4.69) is 49.6 Å². The molecule has 0 unspecified atom stereocenters. The van der Waals surface area contributed by atoms with Crippen LogP contribution in [-0.2, 0) is 5.41 Å². The zero-order chi connectivity index (χ0) is 28.4. The molecule has 0 aliphatic heterocycles. The van der Waals surface area contributed by atoms with E-state index in [1.807, 2.05) is 32.9 Å². The van der Waals surface area contributed by atoms with Gasteiger partial charge < -0.3 is 15.8 Å². The van der Waals surface area contributed by atoms with E-state index < -0.39 is 0 Å². The summed E-state index contributed by atoms with van der Waals surface area (Å²) in [7, 11) is 0. The number of benzene rings is 2. The minimum atomic E-state index is -0.325. The second-order valence-electron chi connectivity index (χ2n) is 10.6. The van der Waals surface area contributed by atoms with Crippen LogP contribution in [0, 0.1) is 0 Å². The normalized spacial score (nSPS) is 11.6. The Bertz CT molecular complexity index is 1680. The van der Waals surface area contributed by atoms with Crippen LogP contribution in [0.2, 0.25) is 0 Å². The molecule has 0 aliphatic rings. The number of carbonyl (C=O) groups is 1. The van der Waals surface area contributed by atoms with E-state index in [-0.39, 0.29) is 17.2 Å². The number of rotatable bonds is 7. The van der Waals surface area contributed by atoms with E-state index in [1.54, 1.807) is 42.5 Å². The molecular formula is C29H30N8O2S. The van der Waals surface area contributed by atoms with Crippen molar-refractivity contribution in [3.8, 4) is 11.5 Å². The number of anilines is 4. The standard InChI is InChI=1S/C29H30N8O2S/c1-16(2)21-12-11-20-24(33-21)31-15-32-25(20)34-22-14-17(6-13-23(22)39-19-9-7-18(30)8-10-19)26(38)35-28-37-36-27(40-28)29(3,4)5/h6-16H,30H2,1-5H3,(H,35,37,38)(H,31,32,33,34). The van der Waals surface area contributed by atoms with Crippen LogP contribution in [0.5, 0.6) is 11.5 Å². The molecule has 11 heteroatoms. The van der Waals surface area contributed by atoms with Gasteiger partial charge in [-0.15, -0.1) is 10.2 Å². The van der Waals surface area contributed by atoms with Crippen LogP contribution in [0.4, 0.5) is 22.3 Å². The van der Waals surface area contributed by atoms with Gasteiger partial charge in [-0.2, -0.15) is 0 Å². The van der Waals surface area contributed by atoms with Crippen molar-refractivity contribution in [2.45, 2.75) is 46.0 Å². The number of hydrogen-bond donors (Lipinski definition) is 3. The Morgan fingerprint density at radius 3 is 2.48 bits per heavy atom. The quantitative estimate of drug-likeness (QED) is 0.188. The number of fused-ring (bicyclic) bond motifs is 1. The average molecular weight is 555 g/mol.